The number of primary amides is 1. The lowest BCUT2D eigenvalue weighted by atomic mass is 9.96. The molecule has 1 fully saturated rings. The predicted octanol–water partition coefficient (Wildman–Crippen LogP) is 5.29. The summed E-state index contributed by atoms with van der Waals surface area (Å²) in [6.07, 6.45) is 9.67. The van der Waals surface area contributed by atoms with Crippen molar-refractivity contribution in [1.29, 1.82) is 0 Å². The van der Waals surface area contributed by atoms with E-state index in [0.29, 0.717) is 6.04 Å². The molecular formula is C27H27N5O2. The Balaban J connectivity index is 0.000000408. The van der Waals surface area contributed by atoms with Crippen LogP contribution in [-0.4, -0.2) is 25.7 Å². The van der Waals surface area contributed by atoms with Crippen LogP contribution >= 0.6 is 0 Å². The molecule has 1 aliphatic rings. The summed E-state index contributed by atoms with van der Waals surface area (Å²) in [6, 6.07) is 18.3. The molecule has 1 amide bonds. The number of carbonyl (C=O) groups excluding carboxylic acids is 1. The van der Waals surface area contributed by atoms with Gasteiger partial charge in [0, 0.05) is 11.8 Å². The van der Waals surface area contributed by atoms with Crippen molar-refractivity contribution in [1.82, 2.24) is 19.7 Å². The van der Waals surface area contributed by atoms with Gasteiger partial charge in [0.1, 0.15) is 23.5 Å². The Morgan fingerprint density at radius 1 is 1.03 bits per heavy atom. The van der Waals surface area contributed by atoms with E-state index in [4.69, 9.17) is 9.84 Å². The number of carbonyl (C=O) groups is 1. The minimum Gasteiger partial charge on any atom is -0.457 e. The van der Waals surface area contributed by atoms with Crippen molar-refractivity contribution < 1.29 is 9.53 Å². The summed E-state index contributed by atoms with van der Waals surface area (Å²) in [7, 11) is 0. The molecule has 0 unspecified atom stereocenters. The first-order chi connectivity index (χ1) is 16.7. The van der Waals surface area contributed by atoms with Crippen LogP contribution in [0.1, 0.15) is 45.1 Å². The van der Waals surface area contributed by atoms with E-state index in [1.807, 2.05) is 48.7 Å². The van der Waals surface area contributed by atoms with Crippen molar-refractivity contribution in [2.75, 3.05) is 0 Å². The molecule has 0 radical (unpaired) electrons. The second-order valence-corrected chi connectivity index (χ2v) is 8.02. The van der Waals surface area contributed by atoms with E-state index in [1.165, 1.54) is 32.1 Å². The largest absolute Gasteiger partial charge is 0.457 e. The predicted molar refractivity (Wildman–Crippen MR) is 132 cm³/mol. The SMILES string of the molecule is CC#CC(N)=O.c1ccc(Oc2ccc(-c3nn(C4CCCCC4)c4ncncc34)cc2)cc1. The minimum absolute atomic E-state index is 0.431. The number of ether oxygens (including phenoxy) is 1. The third kappa shape index (κ3) is 5.59. The van der Waals surface area contributed by atoms with Gasteiger partial charge in [0.15, 0.2) is 5.65 Å². The maximum atomic E-state index is 9.65. The van der Waals surface area contributed by atoms with Gasteiger partial charge in [0.25, 0.3) is 5.91 Å². The lowest BCUT2D eigenvalue weighted by molar-refractivity contribution is -0.112. The summed E-state index contributed by atoms with van der Waals surface area (Å²) >= 11 is 0. The van der Waals surface area contributed by atoms with Gasteiger partial charge in [-0.2, -0.15) is 5.10 Å². The molecule has 2 N–H and O–H groups in total. The Bertz CT molecular complexity index is 1300. The zero-order valence-corrected chi connectivity index (χ0v) is 19.1. The Kier molecular flexibility index (Phi) is 7.51. The van der Waals surface area contributed by atoms with Crippen molar-refractivity contribution >= 4 is 16.9 Å². The fraction of sp³-hybridized carbons (Fsp3) is 0.259. The van der Waals surface area contributed by atoms with Gasteiger partial charge >= 0.3 is 0 Å². The molecule has 0 atom stereocenters. The van der Waals surface area contributed by atoms with Crippen LogP contribution in [0.2, 0.25) is 0 Å². The Hall–Kier alpha value is -4.18. The highest BCUT2D eigenvalue weighted by Crippen LogP contribution is 2.34. The number of rotatable bonds is 4. The molecule has 2 heterocycles. The number of benzene rings is 2. The monoisotopic (exact) mass is 453 g/mol. The third-order valence-corrected chi connectivity index (χ3v) is 5.65. The molecule has 2 aromatic carbocycles. The average Bonchev–Trinajstić information content (AvgIpc) is 3.26. The Morgan fingerprint density at radius 3 is 2.38 bits per heavy atom. The van der Waals surface area contributed by atoms with Crippen LogP contribution in [0, 0.1) is 11.8 Å². The van der Waals surface area contributed by atoms with Crippen molar-refractivity contribution in [3.63, 3.8) is 0 Å². The number of nitrogens with zero attached hydrogens (tertiary/aromatic N) is 4. The minimum atomic E-state index is -0.572. The molecule has 34 heavy (non-hydrogen) atoms. The van der Waals surface area contributed by atoms with Crippen LogP contribution in [0.5, 0.6) is 11.5 Å². The Labute approximate surface area is 199 Å². The average molecular weight is 454 g/mol. The van der Waals surface area contributed by atoms with Gasteiger partial charge in [-0.15, -0.1) is 0 Å². The first kappa shape index (κ1) is 23.0. The second kappa shape index (κ2) is 11.1. The van der Waals surface area contributed by atoms with Gasteiger partial charge in [-0.05, 0) is 62.1 Å². The fourth-order valence-electron chi connectivity index (χ4n) is 4.10. The van der Waals surface area contributed by atoms with Crippen molar-refractivity contribution in [3.8, 4) is 34.6 Å². The maximum absolute atomic E-state index is 9.65. The summed E-state index contributed by atoms with van der Waals surface area (Å²) in [5, 5.41) is 5.97. The van der Waals surface area contributed by atoms with Crippen molar-refractivity contribution in [3.05, 3.63) is 67.1 Å². The van der Waals surface area contributed by atoms with E-state index in [1.54, 1.807) is 13.3 Å². The highest BCUT2D eigenvalue weighted by atomic mass is 16.5. The third-order valence-electron chi connectivity index (χ3n) is 5.65. The summed E-state index contributed by atoms with van der Waals surface area (Å²) in [4.78, 5) is 18.4. The van der Waals surface area contributed by atoms with Crippen LogP contribution in [-0.2, 0) is 4.79 Å². The molecule has 0 saturated heterocycles. The first-order valence-electron chi connectivity index (χ1n) is 11.4. The summed E-state index contributed by atoms with van der Waals surface area (Å²) in [6.45, 7) is 1.56. The number of nitrogens with two attached hydrogens (primary N) is 1. The van der Waals surface area contributed by atoms with E-state index in [2.05, 4.69) is 44.4 Å². The van der Waals surface area contributed by atoms with E-state index in [-0.39, 0.29) is 0 Å². The molecule has 1 aliphatic carbocycles. The number of hydrogen-bond acceptors (Lipinski definition) is 5. The lowest BCUT2D eigenvalue weighted by Gasteiger charge is -2.22. The van der Waals surface area contributed by atoms with Gasteiger partial charge in [0.05, 0.1) is 11.4 Å². The first-order valence-corrected chi connectivity index (χ1v) is 11.4. The molecule has 172 valence electrons. The zero-order valence-electron chi connectivity index (χ0n) is 19.1. The van der Waals surface area contributed by atoms with E-state index >= 15 is 0 Å². The second-order valence-electron chi connectivity index (χ2n) is 8.02. The van der Waals surface area contributed by atoms with Gasteiger partial charge in [-0.3, -0.25) is 4.79 Å². The normalized spacial score (nSPS) is 13.3. The van der Waals surface area contributed by atoms with Gasteiger partial charge < -0.3 is 10.5 Å². The number of para-hydroxylation sites is 1. The lowest BCUT2D eigenvalue weighted by Crippen LogP contribution is -2.14. The standard InChI is InChI=1S/C23H22N4O.C4H5NO/c1-3-7-18(8-4-1)27-23-21(15-24-16-25-23)22(26-27)17-11-13-20(14-12-17)28-19-9-5-2-6-10-19;1-2-3-4(5)6/h2,5-6,9-16,18H,1,3-4,7-8H2;1H3,(H2,5,6). The molecule has 0 bridgehead atoms. The number of fused-ring (bicyclic) bond motifs is 1. The molecule has 1 saturated carbocycles. The van der Waals surface area contributed by atoms with Crippen molar-refractivity contribution in [2.45, 2.75) is 45.1 Å². The number of hydrogen-bond donors (Lipinski definition) is 1. The molecule has 7 nitrogen and oxygen atoms in total. The summed E-state index contributed by atoms with van der Waals surface area (Å²) in [5.74, 6) is 5.50. The quantitative estimate of drug-likeness (QED) is 0.424. The van der Waals surface area contributed by atoms with Gasteiger partial charge in [-0.1, -0.05) is 43.4 Å². The fourth-order valence-corrected chi connectivity index (χ4v) is 4.10. The number of amides is 1. The highest BCUT2D eigenvalue weighted by Gasteiger charge is 2.22. The van der Waals surface area contributed by atoms with E-state index < -0.39 is 5.91 Å². The molecule has 2 aromatic heterocycles. The van der Waals surface area contributed by atoms with Crippen LogP contribution in [0.4, 0.5) is 0 Å². The molecule has 0 aliphatic heterocycles. The van der Waals surface area contributed by atoms with Gasteiger partial charge in [0.2, 0.25) is 0 Å². The van der Waals surface area contributed by atoms with E-state index in [9.17, 15) is 4.79 Å². The smallest absolute Gasteiger partial charge is 0.293 e. The van der Waals surface area contributed by atoms with Crippen LogP contribution in [0.25, 0.3) is 22.3 Å². The molecule has 5 rings (SSSR count). The molecule has 7 heteroatoms. The summed E-state index contributed by atoms with van der Waals surface area (Å²) < 4.78 is 8.03. The summed E-state index contributed by atoms with van der Waals surface area (Å²) in [5.41, 5.74) is 7.51. The topological polar surface area (TPSA) is 95.9 Å². The molecular weight excluding hydrogens is 426 g/mol. The Morgan fingerprint density at radius 2 is 1.74 bits per heavy atom. The van der Waals surface area contributed by atoms with E-state index in [0.717, 1.165) is 33.8 Å². The van der Waals surface area contributed by atoms with Crippen LogP contribution < -0.4 is 10.5 Å². The molecule has 4 aromatic rings. The molecule has 0 spiro atoms. The maximum Gasteiger partial charge on any atom is 0.293 e. The van der Waals surface area contributed by atoms with Crippen molar-refractivity contribution in [2.24, 2.45) is 5.73 Å². The highest BCUT2D eigenvalue weighted by molar-refractivity contribution is 5.92. The van der Waals surface area contributed by atoms with Crippen LogP contribution in [0.15, 0.2) is 67.1 Å². The zero-order chi connectivity index (χ0) is 23.8. The van der Waals surface area contributed by atoms with Gasteiger partial charge in [-0.25, -0.2) is 14.6 Å². The van der Waals surface area contributed by atoms with Crippen LogP contribution in [0.3, 0.4) is 0 Å². The number of aromatic nitrogens is 4.